The second kappa shape index (κ2) is 7.57. The zero-order chi connectivity index (χ0) is 19.6. The first kappa shape index (κ1) is 19.2. The number of anilines is 1. The topological polar surface area (TPSA) is 84.2 Å². The van der Waals surface area contributed by atoms with E-state index in [1.807, 2.05) is 0 Å². The van der Waals surface area contributed by atoms with E-state index in [4.69, 9.17) is 23.2 Å². The van der Waals surface area contributed by atoms with Crippen molar-refractivity contribution >= 4 is 40.7 Å². The number of halogens is 5. The Balaban J connectivity index is 1.64. The van der Waals surface area contributed by atoms with Crippen molar-refractivity contribution in [2.75, 3.05) is 18.4 Å². The third-order valence-corrected chi connectivity index (χ3v) is 4.18. The minimum atomic E-state index is -4.62. The van der Waals surface area contributed by atoms with Crippen molar-refractivity contribution in [3.63, 3.8) is 0 Å². The summed E-state index contributed by atoms with van der Waals surface area (Å²) >= 11 is 11.6. The molecule has 0 atom stereocenters. The van der Waals surface area contributed by atoms with Crippen LogP contribution in [0.3, 0.4) is 0 Å². The maximum absolute atomic E-state index is 12.9. The molecular formula is C15H11Cl2F3N6O. The SMILES string of the molecule is O=C(NCCNc1cc(C(F)(F)F)nc2ncnn12)c1ccc(Cl)c(Cl)c1. The van der Waals surface area contributed by atoms with Crippen molar-refractivity contribution in [2.45, 2.75) is 6.18 Å². The Hall–Kier alpha value is -2.59. The molecule has 3 aromatic rings. The lowest BCUT2D eigenvalue weighted by Gasteiger charge is -2.12. The summed E-state index contributed by atoms with van der Waals surface area (Å²) in [6.45, 7) is 0.280. The molecule has 27 heavy (non-hydrogen) atoms. The molecule has 2 N–H and O–H groups in total. The molecule has 0 radical (unpaired) electrons. The van der Waals surface area contributed by atoms with Crippen LogP contribution in [-0.2, 0) is 6.18 Å². The average Bonchev–Trinajstić information content (AvgIpc) is 3.08. The zero-order valence-corrected chi connectivity index (χ0v) is 14.9. The second-order valence-electron chi connectivity index (χ2n) is 5.31. The Morgan fingerprint density at radius 3 is 2.63 bits per heavy atom. The highest BCUT2D eigenvalue weighted by Crippen LogP contribution is 2.29. The van der Waals surface area contributed by atoms with E-state index in [0.29, 0.717) is 10.6 Å². The van der Waals surface area contributed by atoms with Gasteiger partial charge in [-0.15, -0.1) is 0 Å². The summed E-state index contributed by atoms with van der Waals surface area (Å²) in [5.41, 5.74) is -0.781. The van der Waals surface area contributed by atoms with E-state index >= 15 is 0 Å². The van der Waals surface area contributed by atoms with Gasteiger partial charge in [0, 0.05) is 24.7 Å². The average molecular weight is 419 g/mol. The minimum absolute atomic E-state index is 0.0496. The third kappa shape index (κ3) is 4.40. The quantitative estimate of drug-likeness (QED) is 0.621. The molecule has 1 amide bonds. The van der Waals surface area contributed by atoms with Gasteiger partial charge in [0.05, 0.1) is 10.0 Å². The Kier molecular flexibility index (Phi) is 5.38. The van der Waals surface area contributed by atoms with E-state index in [2.05, 4.69) is 25.7 Å². The molecule has 3 rings (SSSR count). The smallest absolute Gasteiger partial charge is 0.368 e. The molecule has 7 nitrogen and oxygen atoms in total. The zero-order valence-electron chi connectivity index (χ0n) is 13.4. The third-order valence-electron chi connectivity index (χ3n) is 3.44. The number of hydrogen-bond acceptors (Lipinski definition) is 5. The highest BCUT2D eigenvalue weighted by Gasteiger charge is 2.34. The maximum atomic E-state index is 12.9. The van der Waals surface area contributed by atoms with Crippen LogP contribution in [0.5, 0.6) is 0 Å². The van der Waals surface area contributed by atoms with Gasteiger partial charge in [-0.25, -0.2) is 4.98 Å². The van der Waals surface area contributed by atoms with Crippen molar-refractivity contribution < 1.29 is 18.0 Å². The van der Waals surface area contributed by atoms with Crippen LogP contribution < -0.4 is 10.6 Å². The largest absolute Gasteiger partial charge is 0.433 e. The van der Waals surface area contributed by atoms with Gasteiger partial charge >= 0.3 is 6.18 Å². The van der Waals surface area contributed by atoms with Gasteiger partial charge in [-0.2, -0.15) is 27.8 Å². The predicted molar refractivity (Wildman–Crippen MR) is 93.1 cm³/mol. The number of nitrogens with zero attached hydrogens (tertiary/aromatic N) is 4. The Bertz CT molecular complexity index is 991. The van der Waals surface area contributed by atoms with Gasteiger partial charge in [-0.05, 0) is 18.2 Å². The summed E-state index contributed by atoms with van der Waals surface area (Å²) in [5, 5.41) is 9.78. The van der Waals surface area contributed by atoms with Gasteiger partial charge < -0.3 is 10.6 Å². The van der Waals surface area contributed by atoms with E-state index in [-0.39, 0.29) is 29.7 Å². The molecule has 12 heteroatoms. The lowest BCUT2D eigenvalue weighted by Crippen LogP contribution is -2.29. The first-order valence-electron chi connectivity index (χ1n) is 7.51. The fourth-order valence-corrected chi connectivity index (χ4v) is 2.49. The van der Waals surface area contributed by atoms with E-state index in [0.717, 1.165) is 16.9 Å². The number of benzene rings is 1. The Labute approximate surface area is 160 Å². The first-order chi connectivity index (χ1) is 12.8. The summed E-state index contributed by atoms with van der Waals surface area (Å²) in [7, 11) is 0. The highest BCUT2D eigenvalue weighted by molar-refractivity contribution is 6.42. The van der Waals surface area contributed by atoms with Crippen LogP contribution in [0.25, 0.3) is 5.78 Å². The van der Waals surface area contributed by atoms with Crippen LogP contribution >= 0.6 is 23.2 Å². The van der Waals surface area contributed by atoms with Gasteiger partial charge in [0.2, 0.25) is 0 Å². The summed E-state index contributed by atoms with van der Waals surface area (Å²) in [5.74, 6) is -0.534. The molecule has 0 aliphatic rings. The lowest BCUT2D eigenvalue weighted by atomic mass is 10.2. The van der Waals surface area contributed by atoms with Gasteiger partial charge in [0.25, 0.3) is 11.7 Å². The van der Waals surface area contributed by atoms with Crippen LogP contribution in [0.1, 0.15) is 16.1 Å². The molecule has 0 saturated heterocycles. The molecule has 0 aliphatic heterocycles. The standard InChI is InChI=1S/C15H11Cl2F3N6O/c16-9-2-1-8(5-10(9)17)13(27)22-4-3-21-12-6-11(15(18,19)20)25-14-23-7-24-26(12)14/h1-2,5-7,21H,3-4H2,(H,22,27). The number of hydrogen-bond donors (Lipinski definition) is 2. The maximum Gasteiger partial charge on any atom is 0.433 e. The fourth-order valence-electron chi connectivity index (χ4n) is 2.19. The van der Waals surface area contributed by atoms with Crippen molar-refractivity contribution in [2.24, 2.45) is 0 Å². The second-order valence-corrected chi connectivity index (χ2v) is 6.12. The normalized spacial score (nSPS) is 11.6. The number of nitrogens with one attached hydrogen (secondary N) is 2. The van der Waals surface area contributed by atoms with Gasteiger partial charge in [0.1, 0.15) is 12.1 Å². The van der Waals surface area contributed by atoms with Crippen LogP contribution in [-0.4, -0.2) is 38.6 Å². The fraction of sp³-hybridized carbons (Fsp3) is 0.200. The number of fused-ring (bicyclic) bond motifs is 1. The first-order valence-corrected chi connectivity index (χ1v) is 8.26. The van der Waals surface area contributed by atoms with E-state index in [9.17, 15) is 18.0 Å². The molecule has 0 spiro atoms. The lowest BCUT2D eigenvalue weighted by molar-refractivity contribution is -0.141. The molecule has 142 valence electrons. The molecule has 0 unspecified atom stereocenters. The van der Waals surface area contributed by atoms with Crippen molar-refractivity contribution in [3.05, 3.63) is 51.9 Å². The summed E-state index contributed by atoms with van der Waals surface area (Å²) in [6, 6.07) is 5.25. The number of alkyl halides is 3. The Morgan fingerprint density at radius 1 is 1.15 bits per heavy atom. The van der Waals surface area contributed by atoms with Gasteiger partial charge in [-0.1, -0.05) is 23.2 Å². The molecule has 0 aliphatic carbocycles. The van der Waals surface area contributed by atoms with Crippen LogP contribution in [0.2, 0.25) is 10.0 Å². The molecule has 2 aromatic heterocycles. The van der Waals surface area contributed by atoms with Crippen molar-refractivity contribution in [1.82, 2.24) is 24.9 Å². The summed E-state index contributed by atoms with van der Waals surface area (Å²) in [6.07, 6.45) is -3.52. The minimum Gasteiger partial charge on any atom is -0.368 e. The molecular weight excluding hydrogens is 408 g/mol. The summed E-state index contributed by atoms with van der Waals surface area (Å²) < 4.78 is 39.9. The van der Waals surface area contributed by atoms with E-state index in [1.54, 1.807) is 0 Å². The molecule has 0 saturated carbocycles. The molecule has 0 fully saturated rings. The van der Waals surface area contributed by atoms with E-state index < -0.39 is 17.8 Å². The predicted octanol–water partition coefficient (Wildman–Crippen LogP) is 3.29. The van der Waals surface area contributed by atoms with Crippen molar-refractivity contribution in [1.29, 1.82) is 0 Å². The number of amides is 1. The monoisotopic (exact) mass is 418 g/mol. The number of rotatable bonds is 5. The van der Waals surface area contributed by atoms with Crippen LogP contribution in [0.4, 0.5) is 19.0 Å². The molecule has 2 heterocycles. The van der Waals surface area contributed by atoms with Crippen LogP contribution in [0, 0.1) is 0 Å². The number of carbonyl (C=O) groups is 1. The van der Waals surface area contributed by atoms with Gasteiger partial charge in [0.15, 0.2) is 5.69 Å². The molecule has 0 bridgehead atoms. The number of aromatic nitrogens is 4. The van der Waals surface area contributed by atoms with E-state index in [1.165, 1.54) is 18.2 Å². The van der Waals surface area contributed by atoms with Crippen LogP contribution in [0.15, 0.2) is 30.6 Å². The number of carbonyl (C=O) groups excluding carboxylic acids is 1. The summed E-state index contributed by atoms with van der Waals surface area (Å²) in [4.78, 5) is 19.1. The van der Waals surface area contributed by atoms with Crippen molar-refractivity contribution in [3.8, 4) is 0 Å². The molecule has 1 aromatic carbocycles. The Morgan fingerprint density at radius 2 is 1.93 bits per heavy atom. The highest BCUT2D eigenvalue weighted by atomic mass is 35.5. The van der Waals surface area contributed by atoms with Gasteiger partial charge in [-0.3, -0.25) is 4.79 Å².